The first-order valence-corrected chi connectivity index (χ1v) is 11.6. The third kappa shape index (κ3) is 9.78. The van der Waals surface area contributed by atoms with Gasteiger partial charge in [0.05, 0.1) is 12.0 Å². The van der Waals surface area contributed by atoms with Crippen molar-refractivity contribution in [3.63, 3.8) is 0 Å². The number of aryl methyl sites for hydroxylation is 2. The molecule has 0 spiro atoms. The summed E-state index contributed by atoms with van der Waals surface area (Å²) in [4.78, 5) is 24.7. The van der Waals surface area contributed by atoms with Crippen LogP contribution in [0.15, 0.2) is 54.6 Å². The Balaban J connectivity index is 1.88. The molecule has 2 aromatic rings. The van der Waals surface area contributed by atoms with Crippen LogP contribution in [0.5, 0.6) is 0 Å². The van der Waals surface area contributed by atoms with Gasteiger partial charge >= 0.3 is 7.12 Å². The van der Waals surface area contributed by atoms with E-state index in [0.29, 0.717) is 25.7 Å². The van der Waals surface area contributed by atoms with Gasteiger partial charge in [0.25, 0.3) is 0 Å². The minimum Gasteiger partial charge on any atom is -0.426 e. The number of hydrogen-bond acceptors (Lipinski definition) is 5. The summed E-state index contributed by atoms with van der Waals surface area (Å²) < 4.78 is 0. The standard InChI is InChI=1S/C26H34BN3O4/c1-26(2,3)30-25(32)22(18-28)14-12-20-10-7-11-21(16-20)13-15-24(31)29-23(27(33)34)17-19-8-5-4-6-9-19/h4-11,16,22-23,33-34H,12-15,17H2,1-3H3,(H,29,31)(H,30,32)/t22?,23-/m0/s1. The number of amides is 2. The highest BCUT2D eigenvalue weighted by Crippen LogP contribution is 2.14. The Morgan fingerprint density at radius 2 is 1.62 bits per heavy atom. The third-order valence-corrected chi connectivity index (χ3v) is 5.33. The summed E-state index contributed by atoms with van der Waals surface area (Å²) in [6.07, 6.45) is 2.01. The number of carbonyl (C=O) groups is 2. The van der Waals surface area contributed by atoms with Crippen LogP contribution in [-0.2, 0) is 28.9 Å². The van der Waals surface area contributed by atoms with Crippen molar-refractivity contribution in [1.29, 1.82) is 5.26 Å². The van der Waals surface area contributed by atoms with Crippen LogP contribution in [0.3, 0.4) is 0 Å². The molecule has 2 rings (SSSR count). The van der Waals surface area contributed by atoms with E-state index in [1.807, 2.05) is 75.4 Å². The van der Waals surface area contributed by atoms with Crippen LogP contribution < -0.4 is 10.6 Å². The lowest BCUT2D eigenvalue weighted by Gasteiger charge is -2.22. The molecule has 0 saturated heterocycles. The smallest absolute Gasteiger partial charge is 0.426 e. The third-order valence-electron chi connectivity index (χ3n) is 5.33. The second-order valence-corrected chi connectivity index (χ2v) is 9.56. The molecular weight excluding hydrogens is 429 g/mol. The molecule has 0 aliphatic carbocycles. The molecule has 7 nitrogen and oxygen atoms in total. The molecule has 0 aromatic heterocycles. The first-order valence-electron chi connectivity index (χ1n) is 11.6. The normalized spacial score (nSPS) is 12.8. The summed E-state index contributed by atoms with van der Waals surface area (Å²) in [5, 5.41) is 34.3. The first-order chi connectivity index (χ1) is 16.1. The average molecular weight is 463 g/mol. The highest BCUT2D eigenvalue weighted by Gasteiger charge is 2.25. The summed E-state index contributed by atoms with van der Waals surface area (Å²) in [5.74, 6) is -2.04. The summed E-state index contributed by atoms with van der Waals surface area (Å²) >= 11 is 0. The molecule has 1 unspecified atom stereocenters. The van der Waals surface area contributed by atoms with Crippen LogP contribution in [0, 0.1) is 17.2 Å². The molecular formula is C26H34BN3O4. The predicted molar refractivity (Wildman–Crippen MR) is 132 cm³/mol. The lowest BCUT2D eigenvalue weighted by molar-refractivity contribution is -0.125. The lowest BCUT2D eigenvalue weighted by Crippen LogP contribution is -2.47. The Kier molecular flexibility index (Phi) is 10.3. The fourth-order valence-corrected chi connectivity index (χ4v) is 3.60. The van der Waals surface area contributed by atoms with Gasteiger partial charge in [0, 0.05) is 12.0 Å². The molecule has 0 aliphatic rings. The molecule has 2 atom stereocenters. The van der Waals surface area contributed by atoms with Gasteiger partial charge in [0.2, 0.25) is 11.8 Å². The number of nitriles is 1. The topological polar surface area (TPSA) is 122 Å². The summed E-state index contributed by atoms with van der Waals surface area (Å²) in [5.41, 5.74) is 2.47. The van der Waals surface area contributed by atoms with E-state index in [2.05, 4.69) is 16.7 Å². The molecule has 2 aromatic carbocycles. The van der Waals surface area contributed by atoms with Crippen molar-refractivity contribution in [1.82, 2.24) is 10.6 Å². The zero-order valence-corrected chi connectivity index (χ0v) is 20.1. The number of nitrogens with zero attached hydrogens (tertiary/aromatic N) is 1. The molecule has 4 N–H and O–H groups in total. The Hall–Kier alpha value is -3.15. The number of hydrogen-bond donors (Lipinski definition) is 4. The number of carbonyl (C=O) groups excluding carboxylic acids is 2. The fraction of sp³-hybridized carbons (Fsp3) is 0.423. The van der Waals surface area contributed by atoms with Crippen molar-refractivity contribution in [3.8, 4) is 6.07 Å². The van der Waals surface area contributed by atoms with E-state index in [1.165, 1.54) is 0 Å². The second-order valence-electron chi connectivity index (χ2n) is 9.56. The van der Waals surface area contributed by atoms with E-state index in [4.69, 9.17) is 0 Å². The summed E-state index contributed by atoms with van der Waals surface area (Å²) in [6, 6.07) is 19.2. The van der Waals surface area contributed by atoms with E-state index in [9.17, 15) is 24.9 Å². The van der Waals surface area contributed by atoms with Gasteiger partial charge in [0.15, 0.2) is 0 Å². The van der Waals surface area contributed by atoms with Gasteiger partial charge in [0.1, 0.15) is 5.92 Å². The summed E-state index contributed by atoms with van der Waals surface area (Å²) in [7, 11) is -1.66. The van der Waals surface area contributed by atoms with Crippen molar-refractivity contribution in [2.24, 2.45) is 5.92 Å². The van der Waals surface area contributed by atoms with Gasteiger partial charge in [-0.25, -0.2) is 0 Å². The molecule has 0 saturated carbocycles. The van der Waals surface area contributed by atoms with Crippen molar-refractivity contribution in [2.45, 2.75) is 64.4 Å². The van der Waals surface area contributed by atoms with E-state index >= 15 is 0 Å². The Bertz CT molecular complexity index is 984. The van der Waals surface area contributed by atoms with Gasteiger partial charge in [-0.3, -0.25) is 9.59 Å². The van der Waals surface area contributed by atoms with Crippen LogP contribution in [0.2, 0.25) is 0 Å². The van der Waals surface area contributed by atoms with Crippen LogP contribution in [-0.4, -0.2) is 40.5 Å². The number of nitrogens with one attached hydrogen (secondary N) is 2. The van der Waals surface area contributed by atoms with Gasteiger partial charge in [-0.2, -0.15) is 5.26 Å². The second kappa shape index (κ2) is 12.9. The van der Waals surface area contributed by atoms with E-state index < -0.39 is 24.5 Å². The van der Waals surface area contributed by atoms with E-state index in [-0.39, 0.29) is 18.2 Å². The Morgan fingerprint density at radius 3 is 2.21 bits per heavy atom. The SMILES string of the molecule is CC(C)(C)NC(=O)C(C#N)CCc1cccc(CCC(=O)N[C@@H](Cc2ccccc2)B(O)O)c1. The van der Waals surface area contributed by atoms with Crippen molar-refractivity contribution >= 4 is 18.9 Å². The maximum Gasteiger partial charge on any atom is 0.475 e. The number of rotatable bonds is 11. The maximum absolute atomic E-state index is 12.4. The minimum atomic E-state index is -1.66. The number of benzene rings is 2. The van der Waals surface area contributed by atoms with Crippen molar-refractivity contribution in [2.75, 3.05) is 0 Å². The zero-order chi connectivity index (χ0) is 25.1. The molecule has 180 valence electrons. The largest absolute Gasteiger partial charge is 0.475 e. The van der Waals surface area contributed by atoms with Crippen LogP contribution in [0.25, 0.3) is 0 Å². The summed E-state index contributed by atoms with van der Waals surface area (Å²) in [6.45, 7) is 5.64. The molecule has 8 heteroatoms. The lowest BCUT2D eigenvalue weighted by atomic mass is 9.76. The first kappa shape index (κ1) is 27.1. The molecule has 0 heterocycles. The Labute approximate surface area is 202 Å². The van der Waals surface area contributed by atoms with E-state index in [1.54, 1.807) is 0 Å². The highest BCUT2D eigenvalue weighted by atomic mass is 16.4. The quantitative estimate of drug-likeness (QED) is 0.381. The van der Waals surface area contributed by atoms with Crippen molar-refractivity contribution < 1.29 is 19.6 Å². The van der Waals surface area contributed by atoms with Gasteiger partial charge in [-0.1, -0.05) is 54.6 Å². The van der Waals surface area contributed by atoms with Gasteiger partial charge < -0.3 is 20.7 Å². The van der Waals surface area contributed by atoms with Crippen molar-refractivity contribution in [3.05, 3.63) is 71.3 Å². The average Bonchev–Trinajstić information content (AvgIpc) is 2.77. The predicted octanol–water partition coefficient (Wildman–Crippen LogP) is 2.35. The van der Waals surface area contributed by atoms with Crippen LogP contribution in [0.1, 0.15) is 50.3 Å². The molecule has 0 bridgehead atoms. The van der Waals surface area contributed by atoms with Crippen LogP contribution in [0.4, 0.5) is 0 Å². The molecule has 0 radical (unpaired) electrons. The monoisotopic (exact) mass is 463 g/mol. The molecule has 2 amide bonds. The zero-order valence-electron chi connectivity index (χ0n) is 20.1. The van der Waals surface area contributed by atoms with Gasteiger partial charge in [-0.15, -0.1) is 0 Å². The Morgan fingerprint density at radius 1 is 1.00 bits per heavy atom. The van der Waals surface area contributed by atoms with Gasteiger partial charge in [-0.05, 0) is 63.1 Å². The fourth-order valence-electron chi connectivity index (χ4n) is 3.60. The van der Waals surface area contributed by atoms with Crippen LogP contribution >= 0.6 is 0 Å². The minimum absolute atomic E-state index is 0.205. The molecule has 0 aliphatic heterocycles. The highest BCUT2D eigenvalue weighted by molar-refractivity contribution is 6.43. The molecule has 34 heavy (non-hydrogen) atoms. The van der Waals surface area contributed by atoms with E-state index in [0.717, 1.165) is 16.7 Å². The maximum atomic E-state index is 12.4. The molecule has 0 fully saturated rings.